The number of nitrogens with zero attached hydrogens (tertiary/aromatic N) is 3. The standard InChI is InChI=1S/C18H23N5O4/c1-6-18-9(4)12(26-10(18)5)16(27-18)23-7-19-11-13(23)20-17(22-15(11)25)21-14(24)8(2)3/h7-9,12,16H,5-6H2,1-4H3,(H2,20,21,22,24,25)/t9?,12-,16+,18+/m0/s1. The average Bonchev–Trinajstić information content (AvgIpc) is 3.23. The van der Waals surface area contributed by atoms with E-state index in [0.717, 1.165) is 6.42 Å². The van der Waals surface area contributed by atoms with E-state index in [1.807, 2.05) is 6.92 Å². The van der Waals surface area contributed by atoms with Crippen LogP contribution in [0.5, 0.6) is 0 Å². The van der Waals surface area contributed by atoms with Gasteiger partial charge in [0.2, 0.25) is 11.9 Å². The van der Waals surface area contributed by atoms with E-state index in [-0.39, 0.29) is 35.3 Å². The zero-order valence-electron chi connectivity index (χ0n) is 15.8. The van der Waals surface area contributed by atoms with E-state index in [9.17, 15) is 9.59 Å². The molecular formula is C18H23N5O4. The Morgan fingerprint density at radius 2 is 2.26 bits per heavy atom. The van der Waals surface area contributed by atoms with Gasteiger partial charge in [0, 0.05) is 11.8 Å². The second kappa shape index (κ2) is 5.91. The summed E-state index contributed by atoms with van der Waals surface area (Å²) in [5.41, 5.74) is -0.463. The number of amides is 1. The maximum absolute atomic E-state index is 12.4. The molecule has 144 valence electrons. The largest absolute Gasteiger partial charge is 0.487 e. The maximum Gasteiger partial charge on any atom is 0.280 e. The molecule has 2 fully saturated rings. The van der Waals surface area contributed by atoms with Crippen molar-refractivity contribution in [2.75, 3.05) is 5.32 Å². The van der Waals surface area contributed by atoms with Gasteiger partial charge in [-0.2, -0.15) is 4.98 Å². The van der Waals surface area contributed by atoms with Gasteiger partial charge in [0.1, 0.15) is 17.5 Å². The Bertz CT molecular complexity index is 993. The number of nitrogens with one attached hydrogen (secondary N) is 2. The molecule has 0 spiro atoms. The molecule has 1 amide bonds. The number of rotatable bonds is 4. The van der Waals surface area contributed by atoms with Gasteiger partial charge in [-0.05, 0) is 6.42 Å². The van der Waals surface area contributed by atoms with Crippen molar-refractivity contribution in [2.24, 2.45) is 11.8 Å². The molecule has 0 aliphatic carbocycles. The molecule has 9 nitrogen and oxygen atoms in total. The van der Waals surface area contributed by atoms with Gasteiger partial charge in [-0.1, -0.05) is 34.3 Å². The van der Waals surface area contributed by atoms with Crippen LogP contribution < -0.4 is 10.9 Å². The van der Waals surface area contributed by atoms with Gasteiger partial charge < -0.3 is 9.47 Å². The van der Waals surface area contributed by atoms with Gasteiger partial charge in [0.05, 0.1) is 6.33 Å². The molecule has 2 aromatic heterocycles. The summed E-state index contributed by atoms with van der Waals surface area (Å²) in [7, 11) is 0. The molecule has 4 rings (SSSR count). The highest BCUT2D eigenvalue weighted by Crippen LogP contribution is 2.55. The number of ether oxygens (including phenoxy) is 2. The van der Waals surface area contributed by atoms with Gasteiger partial charge in [-0.3, -0.25) is 24.5 Å². The van der Waals surface area contributed by atoms with Crippen molar-refractivity contribution >= 4 is 23.0 Å². The number of hydrogen-bond acceptors (Lipinski definition) is 6. The van der Waals surface area contributed by atoms with Gasteiger partial charge >= 0.3 is 0 Å². The summed E-state index contributed by atoms with van der Waals surface area (Å²) in [5.74, 6) is 0.352. The second-order valence-corrected chi connectivity index (χ2v) is 7.43. The fourth-order valence-corrected chi connectivity index (χ4v) is 3.90. The summed E-state index contributed by atoms with van der Waals surface area (Å²) >= 11 is 0. The zero-order chi connectivity index (χ0) is 19.5. The van der Waals surface area contributed by atoms with Crippen LogP contribution in [0.1, 0.15) is 40.3 Å². The van der Waals surface area contributed by atoms with Crippen LogP contribution in [0.25, 0.3) is 11.2 Å². The summed E-state index contributed by atoms with van der Waals surface area (Å²) in [6.45, 7) is 11.6. The zero-order valence-corrected chi connectivity index (χ0v) is 15.8. The van der Waals surface area contributed by atoms with Crippen LogP contribution in [-0.2, 0) is 14.3 Å². The quantitative estimate of drug-likeness (QED) is 0.847. The Labute approximate surface area is 155 Å². The molecule has 2 aromatic rings. The molecule has 2 bridgehead atoms. The minimum Gasteiger partial charge on any atom is -0.487 e. The number of carbonyl (C=O) groups excluding carboxylic acids is 1. The molecular weight excluding hydrogens is 350 g/mol. The summed E-state index contributed by atoms with van der Waals surface area (Å²) in [6, 6.07) is 0. The maximum atomic E-state index is 12.4. The SMILES string of the molecule is C=C1O[C@H]2C(C)[C@@]1(CC)O[C@H]2n1cnc2c(=O)[nH]c(NC(=O)C(C)C)nc21. The smallest absolute Gasteiger partial charge is 0.280 e. The highest BCUT2D eigenvalue weighted by atomic mass is 16.6. The summed E-state index contributed by atoms with van der Waals surface area (Å²) in [6.07, 6.45) is 1.54. The van der Waals surface area contributed by atoms with E-state index >= 15 is 0 Å². The van der Waals surface area contributed by atoms with Gasteiger partial charge in [-0.15, -0.1) is 0 Å². The third-order valence-electron chi connectivity index (χ3n) is 5.59. The summed E-state index contributed by atoms with van der Waals surface area (Å²) in [5, 5.41) is 2.62. The van der Waals surface area contributed by atoms with E-state index in [2.05, 4.69) is 33.8 Å². The lowest BCUT2D eigenvalue weighted by atomic mass is 9.86. The molecule has 1 unspecified atom stereocenters. The van der Waals surface area contributed by atoms with Crippen LogP contribution in [0.4, 0.5) is 5.95 Å². The Morgan fingerprint density at radius 3 is 2.89 bits per heavy atom. The first-order valence-electron chi connectivity index (χ1n) is 9.10. The Balaban J connectivity index is 1.76. The third-order valence-corrected chi connectivity index (χ3v) is 5.59. The summed E-state index contributed by atoms with van der Waals surface area (Å²) < 4.78 is 14.0. The summed E-state index contributed by atoms with van der Waals surface area (Å²) in [4.78, 5) is 35.4. The number of imidazole rings is 1. The van der Waals surface area contributed by atoms with Crippen LogP contribution in [-0.4, -0.2) is 37.1 Å². The number of fused-ring (bicyclic) bond motifs is 3. The number of hydrogen-bond donors (Lipinski definition) is 2. The topological polar surface area (TPSA) is 111 Å². The molecule has 0 radical (unpaired) electrons. The first-order valence-corrected chi connectivity index (χ1v) is 9.10. The van der Waals surface area contributed by atoms with Gasteiger partial charge in [-0.25, -0.2) is 4.98 Å². The lowest BCUT2D eigenvalue weighted by molar-refractivity contribution is -0.136. The molecule has 2 aliphatic heterocycles. The Kier molecular flexibility index (Phi) is 3.88. The van der Waals surface area contributed by atoms with E-state index in [4.69, 9.17) is 9.47 Å². The fourth-order valence-electron chi connectivity index (χ4n) is 3.90. The van der Waals surface area contributed by atoms with Crippen LogP contribution >= 0.6 is 0 Å². The molecule has 2 saturated heterocycles. The molecule has 0 saturated carbocycles. The number of aromatic nitrogens is 4. The second-order valence-electron chi connectivity index (χ2n) is 7.43. The number of H-pyrrole nitrogens is 1. The van der Waals surface area contributed by atoms with E-state index in [0.29, 0.717) is 11.4 Å². The molecule has 4 heterocycles. The van der Waals surface area contributed by atoms with Crippen LogP contribution in [0, 0.1) is 11.8 Å². The lowest BCUT2D eigenvalue weighted by Gasteiger charge is -2.32. The molecule has 4 atom stereocenters. The van der Waals surface area contributed by atoms with Crippen molar-refractivity contribution in [3.05, 3.63) is 29.0 Å². The predicted octanol–water partition coefficient (Wildman–Crippen LogP) is 1.94. The van der Waals surface area contributed by atoms with E-state index in [1.54, 1.807) is 18.4 Å². The highest BCUT2D eigenvalue weighted by Gasteiger charge is 2.62. The number of carbonyl (C=O) groups is 1. The third kappa shape index (κ3) is 2.41. The lowest BCUT2D eigenvalue weighted by Crippen LogP contribution is -2.34. The molecule has 0 aromatic carbocycles. The van der Waals surface area contributed by atoms with Gasteiger partial charge in [0.15, 0.2) is 17.4 Å². The minimum atomic E-state index is -0.554. The minimum absolute atomic E-state index is 0.0830. The van der Waals surface area contributed by atoms with Crippen LogP contribution in [0.2, 0.25) is 0 Å². The predicted molar refractivity (Wildman–Crippen MR) is 97.9 cm³/mol. The Morgan fingerprint density at radius 1 is 1.52 bits per heavy atom. The van der Waals surface area contributed by atoms with Crippen molar-refractivity contribution < 1.29 is 14.3 Å². The molecule has 27 heavy (non-hydrogen) atoms. The van der Waals surface area contributed by atoms with Gasteiger partial charge in [0.25, 0.3) is 5.56 Å². The first kappa shape index (κ1) is 17.7. The van der Waals surface area contributed by atoms with Crippen molar-refractivity contribution in [3.63, 3.8) is 0 Å². The highest BCUT2D eigenvalue weighted by molar-refractivity contribution is 5.91. The average molecular weight is 373 g/mol. The molecule has 2 aliphatic rings. The van der Waals surface area contributed by atoms with Crippen LogP contribution in [0.3, 0.4) is 0 Å². The first-order chi connectivity index (χ1) is 12.8. The van der Waals surface area contributed by atoms with Crippen molar-refractivity contribution in [2.45, 2.75) is 52.0 Å². The van der Waals surface area contributed by atoms with Crippen molar-refractivity contribution in [1.82, 2.24) is 19.5 Å². The number of aromatic amines is 1. The molecule has 2 N–H and O–H groups in total. The van der Waals surface area contributed by atoms with E-state index in [1.165, 1.54) is 6.33 Å². The monoisotopic (exact) mass is 373 g/mol. The van der Waals surface area contributed by atoms with E-state index < -0.39 is 17.4 Å². The fraction of sp³-hybridized carbons (Fsp3) is 0.556. The Hall–Kier alpha value is -2.68. The number of anilines is 1. The van der Waals surface area contributed by atoms with Crippen molar-refractivity contribution in [3.8, 4) is 0 Å². The van der Waals surface area contributed by atoms with Crippen molar-refractivity contribution in [1.29, 1.82) is 0 Å². The van der Waals surface area contributed by atoms with Crippen LogP contribution in [0.15, 0.2) is 23.5 Å². The normalized spacial score (nSPS) is 29.5. The molecule has 9 heteroatoms.